The van der Waals surface area contributed by atoms with Gasteiger partial charge in [-0.25, -0.2) is 0 Å². The molecule has 0 unspecified atom stereocenters. The second-order valence-corrected chi connectivity index (χ2v) is 5.49. The molecule has 0 aliphatic carbocycles. The van der Waals surface area contributed by atoms with Crippen molar-refractivity contribution in [2.75, 3.05) is 5.32 Å². The summed E-state index contributed by atoms with van der Waals surface area (Å²) >= 11 is 0. The average Bonchev–Trinajstić information content (AvgIpc) is 2.68. The van der Waals surface area contributed by atoms with Crippen LogP contribution < -0.4 is 11.1 Å². The van der Waals surface area contributed by atoms with Crippen molar-refractivity contribution in [1.82, 2.24) is 9.97 Å². The summed E-state index contributed by atoms with van der Waals surface area (Å²) in [6.45, 7) is 0. The van der Waals surface area contributed by atoms with Gasteiger partial charge in [-0.05, 0) is 41.3 Å². The van der Waals surface area contributed by atoms with Crippen molar-refractivity contribution in [1.29, 1.82) is 5.41 Å². The Kier molecular flexibility index (Phi) is 5.14. The number of pyridine rings is 2. The number of rotatable bonds is 5. The number of anilines is 1. The minimum absolute atomic E-state index is 0.267. The van der Waals surface area contributed by atoms with Gasteiger partial charge in [0.05, 0.1) is 0 Å². The van der Waals surface area contributed by atoms with Crippen molar-refractivity contribution >= 4 is 40.2 Å². The largest absolute Gasteiger partial charge is 0.404 e. The molecule has 2 heterocycles. The number of nitrogens with one attached hydrogen (secondary N) is 2. The van der Waals surface area contributed by atoms with E-state index >= 15 is 0 Å². The first-order valence-corrected chi connectivity index (χ1v) is 7.91. The number of carbonyl (C=O) groups excluding carboxylic acids is 1. The average molecular weight is 343 g/mol. The van der Waals surface area contributed by atoms with Gasteiger partial charge in [-0.1, -0.05) is 6.07 Å². The molecular formula is C20H17N5O. The third-order valence-corrected chi connectivity index (χ3v) is 3.82. The van der Waals surface area contributed by atoms with E-state index in [9.17, 15) is 4.79 Å². The van der Waals surface area contributed by atoms with Crippen molar-refractivity contribution in [3.8, 4) is 0 Å². The zero-order valence-electron chi connectivity index (χ0n) is 13.9. The number of nitrogens with two attached hydrogens (primary N) is 1. The molecule has 0 radical (unpaired) electrons. The van der Waals surface area contributed by atoms with Gasteiger partial charge in [-0.15, -0.1) is 0 Å². The molecule has 2 aromatic heterocycles. The first-order chi connectivity index (χ1) is 12.7. The van der Waals surface area contributed by atoms with Crippen LogP contribution in [0.5, 0.6) is 0 Å². The molecule has 0 aliphatic heterocycles. The summed E-state index contributed by atoms with van der Waals surface area (Å²) in [5.74, 6) is -0.267. The van der Waals surface area contributed by atoms with E-state index in [0.29, 0.717) is 16.8 Å². The third-order valence-electron chi connectivity index (χ3n) is 3.82. The summed E-state index contributed by atoms with van der Waals surface area (Å²) in [5.41, 5.74) is 8.22. The van der Waals surface area contributed by atoms with Crippen molar-refractivity contribution in [3.63, 3.8) is 0 Å². The van der Waals surface area contributed by atoms with E-state index in [1.54, 1.807) is 36.9 Å². The number of allylic oxidation sites excluding steroid dienone is 1. The van der Waals surface area contributed by atoms with Crippen LogP contribution in [0.1, 0.15) is 11.1 Å². The summed E-state index contributed by atoms with van der Waals surface area (Å²) in [6, 6.07) is 9.30. The highest BCUT2D eigenvalue weighted by atomic mass is 16.1. The summed E-state index contributed by atoms with van der Waals surface area (Å²) in [5, 5.41) is 12.3. The molecule has 0 atom stereocenters. The maximum absolute atomic E-state index is 12.2. The van der Waals surface area contributed by atoms with E-state index < -0.39 is 0 Å². The van der Waals surface area contributed by atoms with Gasteiger partial charge in [0.15, 0.2) is 0 Å². The molecule has 4 N–H and O–H groups in total. The molecule has 1 aromatic carbocycles. The second kappa shape index (κ2) is 7.85. The smallest absolute Gasteiger partial charge is 0.248 e. The molecule has 26 heavy (non-hydrogen) atoms. The fourth-order valence-corrected chi connectivity index (χ4v) is 2.53. The van der Waals surface area contributed by atoms with Crippen LogP contribution in [0.15, 0.2) is 67.4 Å². The molecular weight excluding hydrogens is 326 g/mol. The number of hydrogen-bond acceptors (Lipinski definition) is 5. The number of fused-ring (bicyclic) bond motifs is 1. The molecule has 0 bridgehead atoms. The van der Waals surface area contributed by atoms with Crippen LogP contribution in [-0.2, 0) is 4.79 Å². The molecule has 3 rings (SSSR count). The zero-order chi connectivity index (χ0) is 18.4. The number of benzene rings is 1. The highest BCUT2D eigenvalue weighted by molar-refractivity contribution is 6.10. The number of amides is 1. The van der Waals surface area contributed by atoms with Crippen LogP contribution in [0, 0.1) is 5.41 Å². The second-order valence-electron chi connectivity index (χ2n) is 5.49. The number of hydrogen-bond donors (Lipinski definition) is 3. The normalized spacial score (nSPS) is 11.6. The number of aromatic nitrogens is 2. The monoisotopic (exact) mass is 343 g/mol. The Bertz CT molecular complexity index is 1020. The van der Waals surface area contributed by atoms with Crippen LogP contribution in [0.4, 0.5) is 5.69 Å². The minimum atomic E-state index is -0.267. The van der Waals surface area contributed by atoms with Gasteiger partial charge >= 0.3 is 0 Å². The van der Waals surface area contributed by atoms with Crippen LogP contribution in [-0.4, -0.2) is 22.1 Å². The molecule has 0 saturated heterocycles. The maximum Gasteiger partial charge on any atom is 0.248 e. The minimum Gasteiger partial charge on any atom is -0.404 e. The Morgan fingerprint density at radius 3 is 2.69 bits per heavy atom. The Hall–Kier alpha value is -3.80. The first-order valence-electron chi connectivity index (χ1n) is 7.91. The molecule has 0 saturated carbocycles. The molecule has 1 amide bonds. The standard InChI is InChI=1S/C20H17N5O/c21-10-17(11-22)19-6-8-24-12-15(19)2-4-20(26)25-18-3-1-14-5-7-23-13-16(14)9-18/h1-13,21H,22H2,(H,25,26)/b4-2+,17-11+,21-10?. The summed E-state index contributed by atoms with van der Waals surface area (Å²) in [6.07, 6.45) is 12.3. The molecule has 0 fully saturated rings. The molecule has 6 nitrogen and oxygen atoms in total. The maximum atomic E-state index is 12.2. The molecule has 0 spiro atoms. The number of carbonyl (C=O) groups is 1. The molecule has 3 aromatic rings. The van der Waals surface area contributed by atoms with Crippen molar-refractivity contribution in [2.24, 2.45) is 5.73 Å². The van der Waals surface area contributed by atoms with Crippen LogP contribution in [0.3, 0.4) is 0 Å². The molecule has 128 valence electrons. The van der Waals surface area contributed by atoms with Gasteiger partial charge < -0.3 is 16.5 Å². The quantitative estimate of drug-likeness (QED) is 0.488. The van der Waals surface area contributed by atoms with Crippen LogP contribution in [0.2, 0.25) is 0 Å². The fourth-order valence-electron chi connectivity index (χ4n) is 2.53. The van der Waals surface area contributed by atoms with E-state index in [4.69, 9.17) is 11.1 Å². The lowest BCUT2D eigenvalue weighted by atomic mass is 10.0. The first kappa shape index (κ1) is 17.0. The summed E-state index contributed by atoms with van der Waals surface area (Å²) in [7, 11) is 0. The Labute approximate surface area is 150 Å². The summed E-state index contributed by atoms with van der Waals surface area (Å²) in [4.78, 5) is 20.4. The van der Waals surface area contributed by atoms with Crippen molar-refractivity contribution in [3.05, 3.63) is 78.5 Å². The highest BCUT2D eigenvalue weighted by Gasteiger charge is 2.05. The Balaban J connectivity index is 1.78. The SMILES string of the molecule is N=C/C(=C\N)c1ccncc1/C=C/C(=O)Nc1ccc2ccncc2c1. The van der Waals surface area contributed by atoms with Gasteiger partial charge in [-0.2, -0.15) is 0 Å². The van der Waals surface area contributed by atoms with E-state index in [1.165, 1.54) is 12.3 Å². The molecule has 0 aliphatic rings. The van der Waals surface area contributed by atoms with Gasteiger partial charge in [0.2, 0.25) is 5.91 Å². The van der Waals surface area contributed by atoms with Crippen molar-refractivity contribution < 1.29 is 4.79 Å². The Morgan fingerprint density at radius 1 is 1.08 bits per heavy atom. The predicted molar refractivity (Wildman–Crippen MR) is 105 cm³/mol. The fraction of sp³-hybridized carbons (Fsp3) is 0. The lowest BCUT2D eigenvalue weighted by molar-refractivity contribution is -0.111. The predicted octanol–water partition coefficient (Wildman–Crippen LogP) is 3.23. The Morgan fingerprint density at radius 2 is 1.88 bits per heavy atom. The van der Waals surface area contributed by atoms with E-state index in [2.05, 4.69) is 15.3 Å². The van der Waals surface area contributed by atoms with Crippen LogP contribution >= 0.6 is 0 Å². The van der Waals surface area contributed by atoms with E-state index in [-0.39, 0.29) is 5.91 Å². The van der Waals surface area contributed by atoms with Crippen molar-refractivity contribution in [2.45, 2.75) is 0 Å². The van der Waals surface area contributed by atoms with E-state index in [1.807, 2.05) is 24.3 Å². The lowest BCUT2D eigenvalue weighted by Gasteiger charge is -2.06. The third kappa shape index (κ3) is 3.81. The topological polar surface area (TPSA) is 105 Å². The van der Waals surface area contributed by atoms with E-state index in [0.717, 1.165) is 22.6 Å². The highest BCUT2D eigenvalue weighted by Crippen LogP contribution is 2.19. The summed E-state index contributed by atoms with van der Waals surface area (Å²) < 4.78 is 0. The van der Waals surface area contributed by atoms with Gasteiger partial charge in [0, 0.05) is 65.5 Å². The molecule has 6 heteroatoms. The van der Waals surface area contributed by atoms with Gasteiger partial charge in [0.1, 0.15) is 0 Å². The lowest BCUT2D eigenvalue weighted by Crippen LogP contribution is -2.07. The van der Waals surface area contributed by atoms with Gasteiger partial charge in [-0.3, -0.25) is 14.8 Å². The van der Waals surface area contributed by atoms with Gasteiger partial charge in [0.25, 0.3) is 0 Å². The zero-order valence-corrected chi connectivity index (χ0v) is 13.9. The van der Waals surface area contributed by atoms with Crippen LogP contribution in [0.25, 0.3) is 22.4 Å². The number of nitrogens with zero attached hydrogens (tertiary/aromatic N) is 2.